The predicted octanol–water partition coefficient (Wildman–Crippen LogP) is 2.29. The van der Waals surface area contributed by atoms with Crippen molar-refractivity contribution in [2.75, 3.05) is 25.4 Å². The first-order chi connectivity index (χ1) is 10.2. The zero-order valence-corrected chi connectivity index (χ0v) is 12.3. The molecule has 0 aliphatic carbocycles. The van der Waals surface area contributed by atoms with Crippen molar-refractivity contribution in [3.63, 3.8) is 0 Å². The SMILES string of the molecule is Nc1cccc(C2CN(Cc3ccc(Cl)cn3)CCO2)n1. The molecule has 1 aliphatic rings. The highest BCUT2D eigenvalue weighted by Gasteiger charge is 2.23. The van der Waals surface area contributed by atoms with Gasteiger partial charge in [-0.15, -0.1) is 0 Å². The zero-order chi connectivity index (χ0) is 14.7. The summed E-state index contributed by atoms with van der Waals surface area (Å²) in [6.45, 7) is 3.11. The average Bonchev–Trinajstić information content (AvgIpc) is 2.50. The third-order valence-electron chi connectivity index (χ3n) is 3.45. The van der Waals surface area contributed by atoms with Crippen molar-refractivity contribution in [3.05, 3.63) is 52.9 Å². The lowest BCUT2D eigenvalue weighted by molar-refractivity contribution is -0.0352. The van der Waals surface area contributed by atoms with Crippen molar-refractivity contribution >= 4 is 17.4 Å². The van der Waals surface area contributed by atoms with E-state index in [4.69, 9.17) is 22.1 Å². The maximum Gasteiger partial charge on any atom is 0.123 e. The van der Waals surface area contributed by atoms with Gasteiger partial charge in [-0.3, -0.25) is 9.88 Å². The minimum Gasteiger partial charge on any atom is -0.384 e. The Balaban J connectivity index is 1.67. The van der Waals surface area contributed by atoms with Crippen molar-refractivity contribution in [2.24, 2.45) is 0 Å². The number of aromatic nitrogens is 2. The van der Waals surface area contributed by atoms with Crippen molar-refractivity contribution in [1.29, 1.82) is 0 Å². The number of rotatable bonds is 3. The van der Waals surface area contributed by atoms with E-state index in [2.05, 4.69) is 14.9 Å². The van der Waals surface area contributed by atoms with E-state index in [1.54, 1.807) is 12.3 Å². The normalized spacial score (nSPS) is 19.6. The highest BCUT2D eigenvalue weighted by Crippen LogP contribution is 2.22. The van der Waals surface area contributed by atoms with E-state index in [0.29, 0.717) is 17.4 Å². The van der Waals surface area contributed by atoms with E-state index in [1.165, 1.54) is 0 Å². The van der Waals surface area contributed by atoms with Crippen LogP contribution in [0.1, 0.15) is 17.5 Å². The van der Waals surface area contributed by atoms with Crippen LogP contribution in [0.3, 0.4) is 0 Å². The molecule has 3 heterocycles. The third kappa shape index (κ3) is 3.69. The minimum atomic E-state index is -0.0467. The highest BCUT2D eigenvalue weighted by molar-refractivity contribution is 6.30. The van der Waals surface area contributed by atoms with Crippen molar-refractivity contribution < 1.29 is 4.74 Å². The predicted molar refractivity (Wildman–Crippen MR) is 81.9 cm³/mol. The van der Waals surface area contributed by atoms with Crippen LogP contribution < -0.4 is 5.73 Å². The molecule has 1 saturated heterocycles. The summed E-state index contributed by atoms with van der Waals surface area (Å²) < 4.78 is 5.80. The van der Waals surface area contributed by atoms with Crippen LogP contribution in [0.25, 0.3) is 0 Å². The minimum absolute atomic E-state index is 0.0467. The zero-order valence-electron chi connectivity index (χ0n) is 11.6. The molecule has 2 aromatic heterocycles. The van der Waals surface area contributed by atoms with Crippen LogP contribution >= 0.6 is 11.6 Å². The van der Waals surface area contributed by atoms with Crippen molar-refractivity contribution in [2.45, 2.75) is 12.6 Å². The number of nitrogens with zero attached hydrogens (tertiary/aromatic N) is 3. The highest BCUT2D eigenvalue weighted by atomic mass is 35.5. The standard InChI is InChI=1S/C15H17ClN4O/c16-11-4-5-12(18-8-11)9-20-6-7-21-14(10-20)13-2-1-3-15(17)19-13/h1-5,8,14H,6-7,9-10H2,(H2,17,19). The molecule has 2 N–H and O–H groups in total. The van der Waals surface area contributed by atoms with Crippen LogP contribution in [0.15, 0.2) is 36.5 Å². The summed E-state index contributed by atoms with van der Waals surface area (Å²) in [7, 11) is 0. The molecule has 21 heavy (non-hydrogen) atoms. The first-order valence-corrected chi connectivity index (χ1v) is 7.25. The quantitative estimate of drug-likeness (QED) is 0.942. The Morgan fingerprint density at radius 1 is 1.33 bits per heavy atom. The summed E-state index contributed by atoms with van der Waals surface area (Å²) in [5.74, 6) is 0.521. The number of nitrogen functional groups attached to an aromatic ring is 1. The Bertz CT molecular complexity index is 605. The first-order valence-electron chi connectivity index (χ1n) is 6.87. The lowest BCUT2D eigenvalue weighted by Gasteiger charge is -2.32. The van der Waals surface area contributed by atoms with E-state index >= 15 is 0 Å². The van der Waals surface area contributed by atoms with Crippen LogP contribution in [0.5, 0.6) is 0 Å². The fourth-order valence-corrected chi connectivity index (χ4v) is 2.51. The fourth-order valence-electron chi connectivity index (χ4n) is 2.40. The molecule has 2 aromatic rings. The molecular weight excluding hydrogens is 288 g/mol. The monoisotopic (exact) mass is 304 g/mol. The number of ether oxygens (including phenoxy) is 1. The third-order valence-corrected chi connectivity index (χ3v) is 3.67. The van der Waals surface area contributed by atoms with Crippen molar-refractivity contribution in [3.8, 4) is 0 Å². The second kappa shape index (κ2) is 6.39. The molecule has 3 rings (SSSR count). The van der Waals surface area contributed by atoms with E-state index in [0.717, 1.165) is 31.0 Å². The van der Waals surface area contributed by atoms with Crippen LogP contribution in [0, 0.1) is 0 Å². The molecule has 1 fully saturated rings. The van der Waals surface area contributed by atoms with Gasteiger partial charge in [0, 0.05) is 25.8 Å². The Hall–Kier alpha value is -1.69. The Kier molecular flexibility index (Phi) is 4.34. The van der Waals surface area contributed by atoms with Gasteiger partial charge in [-0.2, -0.15) is 0 Å². The molecule has 1 unspecified atom stereocenters. The summed E-state index contributed by atoms with van der Waals surface area (Å²) >= 11 is 5.86. The van der Waals surface area contributed by atoms with Gasteiger partial charge < -0.3 is 10.5 Å². The second-order valence-corrected chi connectivity index (χ2v) is 5.49. The van der Waals surface area contributed by atoms with Gasteiger partial charge in [0.2, 0.25) is 0 Å². The molecule has 0 bridgehead atoms. The van der Waals surface area contributed by atoms with Crippen LogP contribution in [-0.4, -0.2) is 34.6 Å². The van der Waals surface area contributed by atoms with Crippen LogP contribution in [0.4, 0.5) is 5.82 Å². The smallest absolute Gasteiger partial charge is 0.123 e. The van der Waals surface area contributed by atoms with E-state index in [-0.39, 0.29) is 6.10 Å². The fraction of sp³-hybridized carbons (Fsp3) is 0.333. The van der Waals surface area contributed by atoms with Gasteiger partial charge in [0.05, 0.1) is 23.0 Å². The topological polar surface area (TPSA) is 64.3 Å². The Morgan fingerprint density at radius 2 is 2.24 bits per heavy atom. The maximum absolute atomic E-state index is 5.86. The number of hydrogen-bond donors (Lipinski definition) is 1. The van der Waals surface area contributed by atoms with Gasteiger partial charge in [-0.05, 0) is 24.3 Å². The molecule has 5 nitrogen and oxygen atoms in total. The molecule has 6 heteroatoms. The summed E-state index contributed by atoms with van der Waals surface area (Å²) in [6.07, 6.45) is 1.63. The number of halogens is 1. The van der Waals surface area contributed by atoms with Crippen LogP contribution in [0.2, 0.25) is 5.02 Å². The number of nitrogens with two attached hydrogens (primary N) is 1. The molecular formula is C15H17ClN4O. The molecule has 0 amide bonds. The van der Waals surface area contributed by atoms with E-state index in [1.807, 2.05) is 24.3 Å². The van der Waals surface area contributed by atoms with Crippen molar-refractivity contribution in [1.82, 2.24) is 14.9 Å². The Morgan fingerprint density at radius 3 is 3.00 bits per heavy atom. The van der Waals surface area contributed by atoms with Gasteiger partial charge in [-0.1, -0.05) is 17.7 Å². The van der Waals surface area contributed by atoms with Gasteiger partial charge in [0.25, 0.3) is 0 Å². The van der Waals surface area contributed by atoms with E-state index in [9.17, 15) is 0 Å². The molecule has 0 aromatic carbocycles. The lowest BCUT2D eigenvalue weighted by Crippen LogP contribution is -2.38. The summed E-state index contributed by atoms with van der Waals surface area (Å²) in [4.78, 5) is 11.0. The van der Waals surface area contributed by atoms with Gasteiger partial charge in [-0.25, -0.2) is 4.98 Å². The Labute approximate surface area is 128 Å². The molecule has 0 spiro atoms. The molecule has 0 saturated carbocycles. The first kappa shape index (κ1) is 14.3. The van der Waals surface area contributed by atoms with Crippen LogP contribution in [-0.2, 0) is 11.3 Å². The molecule has 1 atom stereocenters. The number of hydrogen-bond acceptors (Lipinski definition) is 5. The summed E-state index contributed by atoms with van der Waals surface area (Å²) in [5.41, 5.74) is 7.61. The number of anilines is 1. The van der Waals surface area contributed by atoms with E-state index < -0.39 is 0 Å². The largest absolute Gasteiger partial charge is 0.384 e. The number of morpholine rings is 1. The molecule has 110 valence electrons. The molecule has 0 radical (unpaired) electrons. The molecule has 1 aliphatic heterocycles. The number of pyridine rings is 2. The maximum atomic E-state index is 5.86. The summed E-state index contributed by atoms with van der Waals surface area (Å²) in [5, 5.41) is 0.655. The lowest BCUT2D eigenvalue weighted by atomic mass is 10.1. The van der Waals surface area contributed by atoms with Gasteiger partial charge >= 0.3 is 0 Å². The van der Waals surface area contributed by atoms with Gasteiger partial charge in [0.1, 0.15) is 11.9 Å². The summed E-state index contributed by atoms with van der Waals surface area (Å²) in [6, 6.07) is 9.44. The second-order valence-electron chi connectivity index (χ2n) is 5.05. The average molecular weight is 305 g/mol. The van der Waals surface area contributed by atoms with Gasteiger partial charge in [0.15, 0.2) is 0 Å².